The first-order valence-corrected chi connectivity index (χ1v) is 21.4. The average Bonchev–Trinajstić information content (AvgIpc) is 3.96. The maximum Gasteiger partial charge on any atom is 0.355 e. The second-order valence-electron chi connectivity index (χ2n) is 14.9. The Hall–Kier alpha value is -5.78. The van der Waals surface area contributed by atoms with Gasteiger partial charge in [-0.05, 0) is 137 Å². The van der Waals surface area contributed by atoms with Gasteiger partial charge in [-0.25, -0.2) is 19.2 Å². The van der Waals surface area contributed by atoms with Crippen LogP contribution in [0.15, 0.2) is 24.3 Å². The molecule has 12 nitrogen and oxygen atoms in total. The number of aromatic amines is 4. The van der Waals surface area contributed by atoms with E-state index < -0.39 is 35.7 Å². The molecule has 4 N–H and O–H groups in total. The zero-order valence-corrected chi connectivity index (χ0v) is 37.4. The molecule has 0 saturated heterocycles. The van der Waals surface area contributed by atoms with E-state index in [1.54, 1.807) is 27.7 Å². The molecule has 1 aromatic carbocycles. The van der Waals surface area contributed by atoms with Gasteiger partial charge < -0.3 is 38.9 Å². The largest absolute Gasteiger partial charge is 0.461 e. The van der Waals surface area contributed by atoms with Gasteiger partial charge in [-0.1, -0.05) is 52.0 Å². The van der Waals surface area contributed by atoms with E-state index in [0.717, 1.165) is 78.4 Å². The number of carbonyl (C=O) groups is 4. The van der Waals surface area contributed by atoms with E-state index in [2.05, 4.69) is 44.2 Å². The smallest absolute Gasteiger partial charge is 0.355 e. The number of H-pyrrole nitrogens is 4. The molecule has 0 amide bonds. The van der Waals surface area contributed by atoms with Gasteiger partial charge in [0.1, 0.15) is 22.8 Å². The molecule has 4 aromatic heterocycles. The summed E-state index contributed by atoms with van der Waals surface area (Å²) in [6.45, 7) is 24.2. The minimum Gasteiger partial charge on any atom is -0.461 e. The molecule has 0 radical (unpaired) electrons. The van der Waals surface area contributed by atoms with Crippen molar-refractivity contribution < 1.29 is 38.1 Å². The van der Waals surface area contributed by atoms with Gasteiger partial charge in [-0.3, -0.25) is 0 Å². The van der Waals surface area contributed by atoms with Crippen LogP contribution in [0.25, 0.3) is 0 Å². The van der Waals surface area contributed by atoms with Gasteiger partial charge >= 0.3 is 23.9 Å². The lowest BCUT2D eigenvalue weighted by molar-refractivity contribution is 0.0509. The van der Waals surface area contributed by atoms with Gasteiger partial charge in [-0.15, -0.1) is 0 Å². The van der Waals surface area contributed by atoms with Crippen molar-refractivity contribution in [3.05, 3.63) is 125 Å². The van der Waals surface area contributed by atoms with E-state index in [1.807, 2.05) is 55.4 Å². The first-order valence-electron chi connectivity index (χ1n) is 21.4. The van der Waals surface area contributed by atoms with Crippen LogP contribution in [0, 0.1) is 27.7 Å². The van der Waals surface area contributed by atoms with Gasteiger partial charge in [0.25, 0.3) is 0 Å². The third-order valence-corrected chi connectivity index (χ3v) is 11.8. The molecule has 0 bridgehead atoms. The van der Waals surface area contributed by atoms with E-state index in [0.29, 0.717) is 48.5 Å². The van der Waals surface area contributed by atoms with Crippen LogP contribution in [0.1, 0.15) is 188 Å². The average molecular weight is 823 g/mol. The maximum absolute atomic E-state index is 13.3. The number of nitrogens with one attached hydrogen (secondary N) is 4. The Labute approximate surface area is 353 Å². The molecule has 0 aliphatic rings. The summed E-state index contributed by atoms with van der Waals surface area (Å²) < 4.78 is 22.0. The normalized spacial score (nSPS) is 11.4. The number of esters is 4. The Kier molecular flexibility index (Phi) is 14.7. The van der Waals surface area contributed by atoms with E-state index in [4.69, 9.17) is 18.9 Å². The van der Waals surface area contributed by atoms with Crippen LogP contribution in [0.4, 0.5) is 0 Å². The van der Waals surface area contributed by atoms with Crippen molar-refractivity contribution in [3.63, 3.8) is 0 Å². The molecule has 322 valence electrons. The van der Waals surface area contributed by atoms with E-state index in [1.165, 1.54) is 0 Å². The first kappa shape index (κ1) is 45.3. The first-order chi connectivity index (χ1) is 28.8. The lowest BCUT2D eigenvalue weighted by Crippen LogP contribution is -2.12. The Morgan fingerprint density at radius 2 is 0.600 bits per heavy atom. The lowest BCUT2D eigenvalue weighted by atomic mass is 9.84. The van der Waals surface area contributed by atoms with Crippen LogP contribution in [-0.4, -0.2) is 70.2 Å². The fraction of sp³-hybridized carbons (Fsp3) is 0.458. The van der Waals surface area contributed by atoms with Gasteiger partial charge in [0.15, 0.2) is 0 Å². The molecule has 5 aromatic rings. The quantitative estimate of drug-likeness (QED) is 0.0501. The Morgan fingerprint density at radius 3 is 0.767 bits per heavy atom. The molecule has 0 fully saturated rings. The van der Waals surface area contributed by atoms with Gasteiger partial charge in [0.2, 0.25) is 0 Å². The molecule has 5 rings (SSSR count). The highest BCUT2D eigenvalue weighted by Crippen LogP contribution is 2.42. The van der Waals surface area contributed by atoms with Crippen LogP contribution in [0.2, 0.25) is 0 Å². The molecular weight excluding hydrogens is 761 g/mol. The zero-order chi connectivity index (χ0) is 44.0. The van der Waals surface area contributed by atoms with Crippen LogP contribution in [0.3, 0.4) is 0 Å². The van der Waals surface area contributed by atoms with Crippen LogP contribution >= 0.6 is 0 Å². The van der Waals surface area contributed by atoms with Gasteiger partial charge in [-0.2, -0.15) is 0 Å². The Morgan fingerprint density at radius 1 is 0.400 bits per heavy atom. The van der Waals surface area contributed by atoms with Crippen molar-refractivity contribution in [1.29, 1.82) is 0 Å². The third kappa shape index (κ3) is 8.33. The lowest BCUT2D eigenvalue weighted by Gasteiger charge is -2.22. The summed E-state index contributed by atoms with van der Waals surface area (Å²) >= 11 is 0. The highest BCUT2D eigenvalue weighted by Gasteiger charge is 2.34. The van der Waals surface area contributed by atoms with Crippen molar-refractivity contribution in [1.82, 2.24) is 19.9 Å². The Balaban J connectivity index is 1.80. The molecule has 4 heterocycles. The molecule has 0 atom stereocenters. The second-order valence-corrected chi connectivity index (χ2v) is 14.9. The van der Waals surface area contributed by atoms with Crippen LogP contribution in [-0.2, 0) is 44.6 Å². The fourth-order valence-corrected chi connectivity index (χ4v) is 8.88. The summed E-state index contributed by atoms with van der Waals surface area (Å²) in [5.41, 5.74) is 13.9. The predicted octanol–water partition coefficient (Wildman–Crippen LogP) is 9.55. The van der Waals surface area contributed by atoms with Crippen molar-refractivity contribution in [2.24, 2.45) is 0 Å². The number of rotatable bonds is 18. The fourth-order valence-electron chi connectivity index (χ4n) is 8.88. The standard InChI is InChI=1S/C48H62N4O8/c1-13-31-25(9)37(49-41(31)45(53)57-17-5)35(38-26(10)32(14-2)42(50-38)46(54)58-18-6)29-21-23-30(24-22-29)36(39-27(11)33(15-3)43(51-39)47(55)59-19-7)40-28(12)34(16-4)44(52-40)48(56)60-20-8/h21-24,35-36,49-52H,13-20H2,1-12H3. The molecule has 0 aliphatic heterocycles. The number of hydrogen-bond donors (Lipinski definition) is 4. The van der Waals surface area contributed by atoms with Crippen molar-refractivity contribution >= 4 is 23.9 Å². The molecule has 0 aliphatic carbocycles. The van der Waals surface area contributed by atoms with Crippen LogP contribution in [0.5, 0.6) is 0 Å². The van der Waals surface area contributed by atoms with Crippen molar-refractivity contribution in [3.8, 4) is 0 Å². The molecule has 0 saturated carbocycles. The minimum absolute atomic E-state index is 0.239. The summed E-state index contributed by atoms with van der Waals surface area (Å²) in [4.78, 5) is 67.2. The zero-order valence-electron chi connectivity index (χ0n) is 37.4. The highest BCUT2D eigenvalue weighted by atomic mass is 16.5. The summed E-state index contributed by atoms with van der Waals surface area (Å²) in [5, 5.41) is 0. The highest BCUT2D eigenvalue weighted by molar-refractivity contribution is 5.92. The van der Waals surface area contributed by atoms with Crippen molar-refractivity contribution in [2.75, 3.05) is 26.4 Å². The van der Waals surface area contributed by atoms with Crippen molar-refractivity contribution in [2.45, 2.75) is 121 Å². The van der Waals surface area contributed by atoms with E-state index in [-0.39, 0.29) is 26.4 Å². The van der Waals surface area contributed by atoms with Gasteiger partial charge in [0, 0.05) is 22.8 Å². The molecule has 12 heteroatoms. The maximum atomic E-state index is 13.3. The molecule has 60 heavy (non-hydrogen) atoms. The molecular formula is C48H62N4O8. The number of ether oxygens (including phenoxy) is 4. The number of hydrogen-bond acceptors (Lipinski definition) is 8. The van der Waals surface area contributed by atoms with E-state index in [9.17, 15) is 19.2 Å². The molecule has 0 unspecified atom stereocenters. The number of carbonyl (C=O) groups excluding carboxylic acids is 4. The minimum atomic E-state index is -0.455. The summed E-state index contributed by atoms with van der Waals surface area (Å²) in [6.07, 6.45) is 2.42. The number of aromatic nitrogens is 4. The molecule has 0 spiro atoms. The van der Waals surface area contributed by atoms with E-state index >= 15 is 0 Å². The predicted molar refractivity (Wildman–Crippen MR) is 232 cm³/mol. The van der Waals surface area contributed by atoms with Crippen LogP contribution < -0.4 is 0 Å². The van der Waals surface area contributed by atoms with Gasteiger partial charge in [0.05, 0.1) is 38.3 Å². The monoisotopic (exact) mass is 822 g/mol. The topological polar surface area (TPSA) is 168 Å². The Bertz CT molecular complexity index is 2050. The summed E-state index contributed by atoms with van der Waals surface area (Å²) in [6, 6.07) is 8.26. The summed E-state index contributed by atoms with van der Waals surface area (Å²) in [7, 11) is 0. The summed E-state index contributed by atoms with van der Waals surface area (Å²) in [5.74, 6) is -2.60. The SMILES string of the molecule is CCOC(=O)c1[nH]c(C(c2ccc(C(c3[nH]c(C(=O)OCC)c(CC)c3C)c3[nH]c(C(=O)OCC)c(CC)c3C)cc2)c2[nH]c(C(=O)OCC)c(CC)c2C)c(C)c1CC. The third-order valence-electron chi connectivity index (χ3n) is 11.8. The number of benzene rings is 1. The second kappa shape index (κ2) is 19.5.